The van der Waals surface area contributed by atoms with Gasteiger partial charge in [0.1, 0.15) is 0 Å². The van der Waals surface area contributed by atoms with Gasteiger partial charge in [-0.05, 0) is 45.2 Å². The van der Waals surface area contributed by atoms with Gasteiger partial charge in [0.25, 0.3) is 0 Å². The number of rotatable bonds is 8. The molecule has 4 heteroatoms. The highest BCUT2D eigenvalue weighted by atomic mass is 15.3. The normalized spacial score (nSPS) is 18.6. The van der Waals surface area contributed by atoms with Crippen LogP contribution in [0.15, 0.2) is 4.99 Å². The summed E-state index contributed by atoms with van der Waals surface area (Å²) >= 11 is 0. The molecule has 0 spiro atoms. The van der Waals surface area contributed by atoms with Crippen LogP contribution in [-0.4, -0.2) is 62.1 Å². The van der Waals surface area contributed by atoms with Gasteiger partial charge in [-0.1, -0.05) is 26.7 Å². The van der Waals surface area contributed by atoms with Gasteiger partial charge in [0, 0.05) is 33.2 Å². The lowest BCUT2D eigenvalue weighted by Gasteiger charge is -2.29. The van der Waals surface area contributed by atoms with Gasteiger partial charge in [-0.2, -0.15) is 0 Å². The Balaban J connectivity index is 2.39. The van der Waals surface area contributed by atoms with Crippen LogP contribution in [0, 0.1) is 5.92 Å². The predicted octanol–water partition coefficient (Wildman–Crippen LogP) is 2.81. The fraction of sp³-hybridized carbons (Fsp3) is 0.941. The Morgan fingerprint density at radius 1 is 1.24 bits per heavy atom. The number of guanidine groups is 1. The highest BCUT2D eigenvalue weighted by Crippen LogP contribution is 2.11. The zero-order chi connectivity index (χ0) is 15.5. The number of aliphatic imine (C=N–C) groups is 1. The molecular weight excluding hydrogens is 260 g/mol. The first kappa shape index (κ1) is 18.3. The molecule has 1 atom stereocenters. The van der Waals surface area contributed by atoms with Gasteiger partial charge in [-0.15, -0.1) is 0 Å². The summed E-state index contributed by atoms with van der Waals surface area (Å²) in [5.74, 6) is 1.70. The van der Waals surface area contributed by atoms with Crippen molar-refractivity contribution in [2.75, 3.05) is 46.3 Å². The van der Waals surface area contributed by atoms with Crippen molar-refractivity contribution in [1.82, 2.24) is 15.1 Å². The molecule has 1 N–H and O–H groups in total. The summed E-state index contributed by atoms with van der Waals surface area (Å²) in [6, 6.07) is 0. The highest BCUT2D eigenvalue weighted by molar-refractivity contribution is 5.79. The molecule has 0 bridgehead atoms. The lowest BCUT2D eigenvalue weighted by Crippen LogP contribution is -2.40. The minimum atomic E-state index is 0.635. The van der Waals surface area contributed by atoms with Gasteiger partial charge in [0.2, 0.25) is 0 Å². The summed E-state index contributed by atoms with van der Waals surface area (Å²) < 4.78 is 0. The number of piperidine rings is 1. The number of nitrogens with zero attached hydrogens (tertiary/aromatic N) is 3. The van der Waals surface area contributed by atoms with Gasteiger partial charge >= 0.3 is 0 Å². The Morgan fingerprint density at radius 2 is 1.95 bits per heavy atom. The molecule has 1 rings (SSSR count). The third-order valence-corrected chi connectivity index (χ3v) is 4.11. The van der Waals surface area contributed by atoms with E-state index in [1.54, 1.807) is 0 Å². The fourth-order valence-electron chi connectivity index (χ4n) is 2.85. The molecule has 0 saturated carbocycles. The molecule has 0 amide bonds. The lowest BCUT2D eigenvalue weighted by atomic mass is 10.1. The Kier molecular flexibility index (Phi) is 9.48. The second-order valence-electron chi connectivity index (χ2n) is 6.44. The highest BCUT2D eigenvalue weighted by Gasteiger charge is 2.13. The van der Waals surface area contributed by atoms with Gasteiger partial charge in [0.05, 0.1) is 0 Å². The molecular formula is C17H36N4. The van der Waals surface area contributed by atoms with Crippen molar-refractivity contribution in [3.63, 3.8) is 0 Å². The zero-order valence-electron chi connectivity index (χ0n) is 14.7. The summed E-state index contributed by atoms with van der Waals surface area (Å²) in [6.45, 7) is 13.4. The third-order valence-electron chi connectivity index (χ3n) is 4.11. The second kappa shape index (κ2) is 10.9. The smallest absolute Gasteiger partial charge is 0.193 e. The van der Waals surface area contributed by atoms with E-state index in [0.29, 0.717) is 5.92 Å². The first-order valence-corrected chi connectivity index (χ1v) is 8.89. The molecule has 4 nitrogen and oxygen atoms in total. The van der Waals surface area contributed by atoms with Gasteiger partial charge < -0.3 is 15.1 Å². The molecule has 0 aromatic rings. The second-order valence-corrected chi connectivity index (χ2v) is 6.44. The Labute approximate surface area is 132 Å². The molecule has 1 heterocycles. The maximum Gasteiger partial charge on any atom is 0.193 e. The Hall–Kier alpha value is -0.770. The van der Waals surface area contributed by atoms with Crippen LogP contribution in [0.1, 0.15) is 52.9 Å². The lowest BCUT2D eigenvalue weighted by molar-refractivity contribution is 0.202. The molecule has 1 aliphatic heterocycles. The first-order valence-electron chi connectivity index (χ1n) is 8.89. The first-order chi connectivity index (χ1) is 10.2. The van der Waals surface area contributed by atoms with Crippen molar-refractivity contribution < 1.29 is 0 Å². The summed E-state index contributed by atoms with van der Waals surface area (Å²) in [5.41, 5.74) is 0. The number of unbranched alkanes of at least 4 members (excludes halogenated alkanes) is 1. The summed E-state index contributed by atoms with van der Waals surface area (Å²) in [7, 11) is 2.15. The fourth-order valence-corrected chi connectivity index (χ4v) is 2.85. The molecule has 1 aliphatic rings. The van der Waals surface area contributed by atoms with Gasteiger partial charge in [0.15, 0.2) is 5.96 Å². The molecule has 0 aliphatic carbocycles. The number of likely N-dealkylation sites (tertiary alicyclic amines) is 1. The summed E-state index contributed by atoms with van der Waals surface area (Å²) in [4.78, 5) is 9.71. The van der Waals surface area contributed by atoms with E-state index in [-0.39, 0.29) is 0 Å². The van der Waals surface area contributed by atoms with Crippen LogP contribution in [0.2, 0.25) is 0 Å². The van der Waals surface area contributed by atoms with Crippen LogP contribution in [0.5, 0.6) is 0 Å². The number of nitrogens with one attached hydrogen (secondary N) is 1. The standard InChI is InChI=1S/C17H36N4/c1-5-7-11-20(4)17(18-6-2)19-14-16(3)15-21-12-9-8-10-13-21/h16H,5-15H2,1-4H3,(H,18,19). The average molecular weight is 297 g/mol. The van der Waals surface area contributed by atoms with Crippen LogP contribution in [0.25, 0.3) is 0 Å². The minimum Gasteiger partial charge on any atom is -0.357 e. The Bertz CT molecular complexity index is 285. The van der Waals surface area contributed by atoms with E-state index in [9.17, 15) is 0 Å². The summed E-state index contributed by atoms with van der Waals surface area (Å²) in [5, 5.41) is 3.41. The quantitative estimate of drug-likeness (QED) is 0.552. The Morgan fingerprint density at radius 3 is 2.57 bits per heavy atom. The van der Waals surface area contributed by atoms with Crippen LogP contribution < -0.4 is 5.32 Å². The van der Waals surface area contributed by atoms with E-state index in [1.165, 1.54) is 51.7 Å². The largest absolute Gasteiger partial charge is 0.357 e. The monoisotopic (exact) mass is 296 g/mol. The van der Waals surface area contributed by atoms with Crippen molar-refractivity contribution >= 4 is 5.96 Å². The predicted molar refractivity (Wildman–Crippen MR) is 93.0 cm³/mol. The van der Waals surface area contributed by atoms with Crippen LogP contribution in [0.3, 0.4) is 0 Å². The van der Waals surface area contributed by atoms with Gasteiger partial charge in [-0.3, -0.25) is 4.99 Å². The van der Waals surface area contributed by atoms with Crippen LogP contribution >= 0.6 is 0 Å². The number of hydrogen-bond donors (Lipinski definition) is 1. The average Bonchev–Trinajstić information content (AvgIpc) is 2.50. The third kappa shape index (κ3) is 7.70. The van der Waals surface area contributed by atoms with E-state index in [1.807, 2.05) is 0 Å². The van der Waals surface area contributed by atoms with Crippen LogP contribution in [-0.2, 0) is 0 Å². The molecule has 1 fully saturated rings. The molecule has 0 radical (unpaired) electrons. The molecule has 1 unspecified atom stereocenters. The molecule has 1 saturated heterocycles. The van der Waals surface area contributed by atoms with E-state index >= 15 is 0 Å². The maximum absolute atomic E-state index is 4.84. The topological polar surface area (TPSA) is 30.9 Å². The van der Waals surface area contributed by atoms with Gasteiger partial charge in [-0.25, -0.2) is 0 Å². The van der Waals surface area contributed by atoms with Crippen molar-refractivity contribution in [1.29, 1.82) is 0 Å². The van der Waals surface area contributed by atoms with E-state index in [0.717, 1.165) is 25.6 Å². The van der Waals surface area contributed by atoms with E-state index in [2.05, 4.69) is 42.9 Å². The molecule has 124 valence electrons. The van der Waals surface area contributed by atoms with Crippen LogP contribution in [0.4, 0.5) is 0 Å². The van der Waals surface area contributed by atoms with Crippen molar-refractivity contribution in [2.45, 2.75) is 52.9 Å². The zero-order valence-corrected chi connectivity index (χ0v) is 14.7. The minimum absolute atomic E-state index is 0.635. The number of hydrogen-bond acceptors (Lipinski definition) is 2. The van der Waals surface area contributed by atoms with Crippen molar-refractivity contribution in [2.24, 2.45) is 10.9 Å². The molecule has 0 aromatic heterocycles. The summed E-state index contributed by atoms with van der Waals surface area (Å²) in [6.07, 6.45) is 6.62. The SMILES string of the molecule is CCCCN(C)C(=NCC(C)CN1CCCCC1)NCC. The molecule has 0 aromatic carbocycles. The maximum atomic E-state index is 4.84. The van der Waals surface area contributed by atoms with E-state index in [4.69, 9.17) is 4.99 Å². The van der Waals surface area contributed by atoms with E-state index < -0.39 is 0 Å². The molecule has 21 heavy (non-hydrogen) atoms. The van der Waals surface area contributed by atoms with Crippen molar-refractivity contribution in [3.8, 4) is 0 Å². The van der Waals surface area contributed by atoms with Crippen molar-refractivity contribution in [3.05, 3.63) is 0 Å².